The fraction of sp³-hybridized carbons (Fsp3) is 0.444. The summed E-state index contributed by atoms with van der Waals surface area (Å²) in [5.41, 5.74) is 0.920. The topological polar surface area (TPSA) is 55.6 Å². The van der Waals surface area contributed by atoms with Gasteiger partial charge in [0.2, 0.25) is 5.91 Å². The summed E-state index contributed by atoms with van der Waals surface area (Å²) in [6, 6.07) is 7.39. The summed E-state index contributed by atoms with van der Waals surface area (Å²) in [5.74, 6) is 1.39. The summed E-state index contributed by atoms with van der Waals surface area (Å²) in [6.45, 7) is 4.03. The maximum atomic E-state index is 12.3. The van der Waals surface area contributed by atoms with Gasteiger partial charge < -0.3 is 14.1 Å². The second-order valence-electron chi connectivity index (χ2n) is 5.87. The number of benzene rings is 1. The van der Waals surface area contributed by atoms with Gasteiger partial charge in [0.25, 0.3) is 0 Å². The number of nitrogens with zero attached hydrogens (tertiary/aromatic N) is 2. The van der Waals surface area contributed by atoms with Gasteiger partial charge in [0.15, 0.2) is 11.7 Å². The van der Waals surface area contributed by atoms with Crippen molar-refractivity contribution < 1.29 is 13.9 Å². The molecule has 5 nitrogen and oxygen atoms in total. The molecule has 3 rings (SSSR count). The smallest absolute Gasteiger partial charge is 0.223 e. The summed E-state index contributed by atoms with van der Waals surface area (Å²) >= 11 is 5.89. The molecule has 1 aromatic carbocycles. The first kappa shape index (κ1) is 17.0. The number of hydrogen-bond donors (Lipinski definition) is 0. The Morgan fingerprint density at radius 2 is 2.17 bits per heavy atom. The lowest BCUT2D eigenvalue weighted by atomic mass is 10.2. The SMILES string of the molecule is CCC1CN(C(=O)CCc2ncc(-c3ccc(Cl)cc3)o2)CCO1. The first-order chi connectivity index (χ1) is 11.7. The zero-order chi connectivity index (χ0) is 16.9. The predicted octanol–water partition coefficient (Wildman–Crippen LogP) is 3.57. The number of aryl methyl sites for hydroxylation is 1. The van der Waals surface area contributed by atoms with E-state index in [1.165, 1.54) is 0 Å². The highest BCUT2D eigenvalue weighted by molar-refractivity contribution is 6.30. The van der Waals surface area contributed by atoms with Crippen molar-refractivity contribution in [2.24, 2.45) is 0 Å². The molecule has 24 heavy (non-hydrogen) atoms. The number of rotatable bonds is 5. The lowest BCUT2D eigenvalue weighted by molar-refractivity contribution is -0.138. The molecule has 1 saturated heterocycles. The van der Waals surface area contributed by atoms with Gasteiger partial charge in [-0.05, 0) is 30.7 Å². The van der Waals surface area contributed by atoms with Gasteiger partial charge in [-0.15, -0.1) is 0 Å². The molecule has 0 N–H and O–H groups in total. The van der Waals surface area contributed by atoms with Gasteiger partial charge in [-0.1, -0.05) is 18.5 Å². The van der Waals surface area contributed by atoms with Crippen molar-refractivity contribution in [3.05, 3.63) is 41.4 Å². The number of aromatic nitrogens is 1. The van der Waals surface area contributed by atoms with Crippen LogP contribution in [0.2, 0.25) is 5.02 Å². The van der Waals surface area contributed by atoms with Crippen LogP contribution >= 0.6 is 11.6 Å². The average Bonchev–Trinajstić information content (AvgIpc) is 3.09. The monoisotopic (exact) mass is 348 g/mol. The van der Waals surface area contributed by atoms with E-state index in [-0.39, 0.29) is 12.0 Å². The third-order valence-corrected chi connectivity index (χ3v) is 4.43. The van der Waals surface area contributed by atoms with Gasteiger partial charge in [0, 0.05) is 36.5 Å². The van der Waals surface area contributed by atoms with E-state index in [1.54, 1.807) is 6.20 Å². The molecule has 1 aromatic heterocycles. The number of oxazole rings is 1. The van der Waals surface area contributed by atoms with Crippen LogP contribution in [0.1, 0.15) is 25.7 Å². The minimum absolute atomic E-state index is 0.128. The van der Waals surface area contributed by atoms with Crippen LogP contribution in [0.5, 0.6) is 0 Å². The number of carbonyl (C=O) groups is 1. The molecule has 0 radical (unpaired) electrons. The van der Waals surface area contributed by atoms with Crippen molar-refractivity contribution in [1.29, 1.82) is 0 Å². The molecule has 0 bridgehead atoms. The van der Waals surface area contributed by atoms with Gasteiger partial charge in [-0.2, -0.15) is 0 Å². The Morgan fingerprint density at radius 1 is 1.38 bits per heavy atom. The molecule has 1 fully saturated rings. The van der Waals surface area contributed by atoms with Crippen molar-refractivity contribution >= 4 is 17.5 Å². The van der Waals surface area contributed by atoms with E-state index in [0.29, 0.717) is 49.2 Å². The molecule has 128 valence electrons. The van der Waals surface area contributed by atoms with Gasteiger partial charge in [0.05, 0.1) is 18.9 Å². The highest BCUT2D eigenvalue weighted by Crippen LogP contribution is 2.23. The summed E-state index contributed by atoms with van der Waals surface area (Å²) in [5, 5.41) is 0.681. The highest BCUT2D eigenvalue weighted by atomic mass is 35.5. The average molecular weight is 349 g/mol. The van der Waals surface area contributed by atoms with E-state index < -0.39 is 0 Å². The van der Waals surface area contributed by atoms with Crippen LogP contribution in [0, 0.1) is 0 Å². The van der Waals surface area contributed by atoms with Crippen LogP contribution < -0.4 is 0 Å². The minimum Gasteiger partial charge on any atom is -0.441 e. The van der Waals surface area contributed by atoms with E-state index in [1.807, 2.05) is 29.2 Å². The maximum absolute atomic E-state index is 12.3. The molecule has 1 aliphatic heterocycles. The molecule has 0 spiro atoms. The molecule has 1 amide bonds. The van der Waals surface area contributed by atoms with Crippen LogP contribution in [0.4, 0.5) is 0 Å². The minimum atomic E-state index is 0.128. The van der Waals surface area contributed by atoms with E-state index >= 15 is 0 Å². The Morgan fingerprint density at radius 3 is 2.92 bits per heavy atom. The number of carbonyl (C=O) groups excluding carboxylic acids is 1. The Bertz CT molecular complexity index is 684. The normalized spacial score (nSPS) is 17.9. The van der Waals surface area contributed by atoms with Crippen LogP contribution in [0.15, 0.2) is 34.9 Å². The number of halogens is 1. The lowest BCUT2D eigenvalue weighted by Crippen LogP contribution is -2.45. The number of hydrogen-bond acceptors (Lipinski definition) is 4. The van der Waals surface area contributed by atoms with E-state index in [2.05, 4.69) is 11.9 Å². The van der Waals surface area contributed by atoms with Crippen molar-refractivity contribution in [3.8, 4) is 11.3 Å². The van der Waals surface area contributed by atoms with Crippen molar-refractivity contribution in [3.63, 3.8) is 0 Å². The molecule has 6 heteroatoms. The number of morpholine rings is 1. The lowest BCUT2D eigenvalue weighted by Gasteiger charge is -2.32. The Hall–Kier alpha value is -1.85. The van der Waals surface area contributed by atoms with Crippen LogP contribution in [-0.2, 0) is 16.0 Å². The maximum Gasteiger partial charge on any atom is 0.223 e. The van der Waals surface area contributed by atoms with Gasteiger partial charge in [-0.25, -0.2) is 4.98 Å². The molecule has 2 aromatic rings. The summed E-state index contributed by atoms with van der Waals surface area (Å²) < 4.78 is 11.3. The first-order valence-corrected chi connectivity index (χ1v) is 8.63. The Labute approximate surface area is 146 Å². The second-order valence-corrected chi connectivity index (χ2v) is 6.30. The van der Waals surface area contributed by atoms with Crippen molar-refractivity contribution in [1.82, 2.24) is 9.88 Å². The molecule has 2 heterocycles. The fourth-order valence-electron chi connectivity index (χ4n) is 2.74. The standard InChI is InChI=1S/C18H21ClN2O3/c1-2-15-12-21(9-10-23-15)18(22)8-7-17-20-11-16(24-17)13-3-5-14(19)6-4-13/h3-6,11,15H,2,7-10,12H2,1H3. The molecule has 0 saturated carbocycles. The first-order valence-electron chi connectivity index (χ1n) is 8.25. The summed E-state index contributed by atoms with van der Waals surface area (Å²) in [6.07, 6.45) is 3.66. The molecular weight excluding hydrogens is 328 g/mol. The van der Waals surface area contributed by atoms with E-state index in [0.717, 1.165) is 12.0 Å². The quantitative estimate of drug-likeness (QED) is 0.829. The summed E-state index contributed by atoms with van der Waals surface area (Å²) in [4.78, 5) is 18.5. The fourth-order valence-corrected chi connectivity index (χ4v) is 2.86. The number of amides is 1. The molecule has 1 aliphatic rings. The third-order valence-electron chi connectivity index (χ3n) is 4.18. The zero-order valence-corrected chi connectivity index (χ0v) is 14.5. The van der Waals surface area contributed by atoms with Crippen molar-refractivity contribution in [2.75, 3.05) is 19.7 Å². The predicted molar refractivity (Wildman–Crippen MR) is 91.9 cm³/mol. The third kappa shape index (κ3) is 4.16. The molecule has 1 unspecified atom stereocenters. The van der Waals surface area contributed by atoms with Gasteiger partial charge in [0.1, 0.15) is 0 Å². The summed E-state index contributed by atoms with van der Waals surface area (Å²) in [7, 11) is 0. The Balaban J connectivity index is 1.55. The van der Waals surface area contributed by atoms with E-state index in [9.17, 15) is 4.79 Å². The number of ether oxygens (including phenoxy) is 1. The largest absolute Gasteiger partial charge is 0.441 e. The molecule has 1 atom stereocenters. The second kappa shape index (κ2) is 7.81. The van der Waals surface area contributed by atoms with Crippen LogP contribution in [0.3, 0.4) is 0 Å². The zero-order valence-electron chi connectivity index (χ0n) is 13.7. The Kier molecular flexibility index (Phi) is 5.53. The van der Waals surface area contributed by atoms with Crippen LogP contribution in [-0.4, -0.2) is 41.6 Å². The highest BCUT2D eigenvalue weighted by Gasteiger charge is 2.23. The van der Waals surface area contributed by atoms with E-state index in [4.69, 9.17) is 20.8 Å². The molecular formula is C18H21ClN2O3. The van der Waals surface area contributed by atoms with Crippen LogP contribution in [0.25, 0.3) is 11.3 Å². The van der Waals surface area contributed by atoms with Crippen molar-refractivity contribution in [2.45, 2.75) is 32.3 Å². The molecule has 0 aliphatic carbocycles. The van der Waals surface area contributed by atoms with Gasteiger partial charge in [-0.3, -0.25) is 4.79 Å². The van der Waals surface area contributed by atoms with Gasteiger partial charge >= 0.3 is 0 Å².